The monoisotopic (exact) mass is 324 g/mol. The van der Waals surface area contributed by atoms with Crippen LogP contribution in [0.25, 0.3) is 0 Å². The van der Waals surface area contributed by atoms with Crippen molar-refractivity contribution in [3.8, 4) is 0 Å². The highest BCUT2D eigenvalue weighted by atomic mass is 79.9. The first kappa shape index (κ1) is 14.4. The van der Waals surface area contributed by atoms with Crippen LogP contribution in [-0.4, -0.2) is 18.0 Å². The molecule has 0 heterocycles. The Morgan fingerprint density at radius 3 is 2.47 bits per heavy atom. The number of carbonyl (C=O) groups excluding carboxylic acids is 1. The first-order valence-corrected chi connectivity index (χ1v) is 7.64. The van der Waals surface area contributed by atoms with E-state index in [-0.39, 0.29) is 5.91 Å². The number of nitrogens with one attached hydrogen (secondary N) is 2. The summed E-state index contributed by atoms with van der Waals surface area (Å²) in [5.74, 6) is 0.0813. The van der Waals surface area contributed by atoms with Crippen molar-refractivity contribution in [1.82, 2.24) is 5.32 Å². The zero-order chi connectivity index (χ0) is 13.8. The van der Waals surface area contributed by atoms with E-state index in [0.717, 1.165) is 30.2 Å². The molecule has 0 spiro atoms. The molecule has 104 valence electrons. The summed E-state index contributed by atoms with van der Waals surface area (Å²) in [5, 5.41) is 6.61. The number of halogens is 1. The van der Waals surface area contributed by atoms with E-state index in [2.05, 4.69) is 51.7 Å². The summed E-state index contributed by atoms with van der Waals surface area (Å²) >= 11 is 3.63. The Labute approximate surface area is 123 Å². The third-order valence-electron chi connectivity index (χ3n) is 3.69. The van der Waals surface area contributed by atoms with Gasteiger partial charge in [-0.3, -0.25) is 4.79 Å². The predicted octanol–water partition coefficient (Wildman–Crippen LogP) is 3.62. The average Bonchev–Trinajstić information content (AvgIpc) is 2.37. The Bertz CT molecular complexity index is 453. The van der Waals surface area contributed by atoms with Crippen LogP contribution in [0.1, 0.15) is 38.2 Å². The molecule has 0 atom stereocenters. The number of amides is 1. The van der Waals surface area contributed by atoms with Crippen molar-refractivity contribution in [1.29, 1.82) is 0 Å². The summed E-state index contributed by atoms with van der Waals surface area (Å²) in [6, 6.07) is 7.14. The molecule has 1 aromatic rings. The first-order chi connectivity index (χ1) is 9.06. The van der Waals surface area contributed by atoms with Gasteiger partial charge in [0.1, 0.15) is 0 Å². The van der Waals surface area contributed by atoms with Gasteiger partial charge in [0, 0.05) is 29.2 Å². The lowest BCUT2D eigenvalue weighted by Crippen LogP contribution is -2.39. The molecule has 1 saturated carbocycles. The standard InChI is InChI=1S/C15H21BrN2O/c1-10-4-3-5-14(15(10)16)18-13-8-6-12(7-9-13)17-11(2)19/h3-5,12-13,18H,6-9H2,1-2H3,(H,17,19). The number of aryl methyl sites for hydroxylation is 1. The highest BCUT2D eigenvalue weighted by Gasteiger charge is 2.21. The normalized spacial score (nSPS) is 22.9. The molecule has 0 radical (unpaired) electrons. The zero-order valence-electron chi connectivity index (χ0n) is 11.5. The minimum atomic E-state index is 0.0813. The average molecular weight is 325 g/mol. The molecule has 1 amide bonds. The summed E-state index contributed by atoms with van der Waals surface area (Å²) in [5.41, 5.74) is 2.42. The quantitative estimate of drug-likeness (QED) is 0.891. The lowest BCUT2D eigenvalue weighted by atomic mass is 9.91. The van der Waals surface area contributed by atoms with E-state index < -0.39 is 0 Å². The van der Waals surface area contributed by atoms with Crippen molar-refractivity contribution in [2.75, 3.05) is 5.32 Å². The van der Waals surface area contributed by atoms with E-state index in [9.17, 15) is 4.79 Å². The summed E-state index contributed by atoms with van der Waals surface area (Å²) in [7, 11) is 0. The summed E-state index contributed by atoms with van der Waals surface area (Å²) in [6.07, 6.45) is 4.32. The number of benzene rings is 1. The van der Waals surface area contributed by atoms with E-state index in [0.29, 0.717) is 12.1 Å². The summed E-state index contributed by atoms with van der Waals surface area (Å²) in [6.45, 7) is 3.69. The maximum atomic E-state index is 11.0. The molecule has 19 heavy (non-hydrogen) atoms. The SMILES string of the molecule is CC(=O)NC1CCC(Nc2cccc(C)c2Br)CC1. The van der Waals surface area contributed by atoms with Crippen LogP contribution >= 0.6 is 15.9 Å². The Hall–Kier alpha value is -1.03. The molecule has 1 aromatic carbocycles. The Morgan fingerprint density at radius 1 is 1.21 bits per heavy atom. The third kappa shape index (κ3) is 3.96. The molecule has 0 aliphatic heterocycles. The predicted molar refractivity (Wildman–Crippen MR) is 82.4 cm³/mol. The van der Waals surface area contributed by atoms with Gasteiger partial charge in [0.2, 0.25) is 5.91 Å². The van der Waals surface area contributed by atoms with E-state index in [1.807, 2.05) is 0 Å². The second-order valence-corrected chi connectivity index (χ2v) is 6.12. The molecule has 2 rings (SSSR count). The zero-order valence-corrected chi connectivity index (χ0v) is 13.1. The van der Waals surface area contributed by atoms with Crippen molar-refractivity contribution < 1.29 is 4.79 Å². The lowest BCUT2D eigenvalue weighted by Gasteiger charge is -2.30. The second kappa shape index (κ2) is 6.42. The van der Waals surface area contributed by atoms with Gasteiger partial charge in [-0.05, 0) is 60.2 Å². The smallest absolute Gasteiger partial charge is 0.217 e. The maximum absolute atomic E-state index is 11.0. The van der Waals surface area contributed by atoms with Crippen molar-refractivity contribution in [2.45, 2.75) is 51.6 Å². The molecule has 2 N–H and O–H groups in total. The van der Waals surface area contributed by atoms with Gasteiger partial charge in [0.25, 0.3) is 0 Å². The fraction of sp³-hybridized carbons (Fsp3) is 0.533. The topological polar surface area (TPSA) is 41.1 Å². The fourth-order valence-corrected chi connectivity index (χ4v) is 3.03. The highest BCUT2D eigenvalue weighted by Crippen LogP contribution is 2.29. The van der Waals surface area contributed by atoms with Crippen molar-refractivity contribution in [3.63, 3.8) is 0 Å². The summed E-state index contributed by atoms with van der Waals surface area (Å²) in [4.78, 5) is 11.0. The molecule has 1 fully saturated rings. The van der Waals surface area contributed by atoms with E-state index in [1.165, 1.54) is 11.3 Å². The van der Waals surface area contributed by atoms with Crippen LogP contribution in [0.3, 0.4) is 0 Å². The molecule has 1 aliphatic rings. The van der Waals surface area contributed by atoms with Crippen LogP contribution in [0.4, 0.5) is 5.69 Å². The van der Waals surface area contributed by atoms with Crippen molar-refractivity contribution in [3.05, 3.63) is 28.2 Å². The van der Waals surface area contributed by atoms with Crippen LogP contribution in [0.15, 0.2) is 22.7 Å². The van der Waals surface area contributed by atoms with Gasteiger partial charge in [-0.15, -0.1) is 0 Å². The molecular formula is C15H21BrN2O. The fourth-order valence-electron chi connectivity index (χ4n) is 2.65. The van der Waals surface area contributed by atoms with Crippen LogP contribution in [-0.2, 0) is 4.79 Å². The van der Waals surface area contributed by atoms with Crippen LogP contribution < -0.4 is 10.6 Å². The van der Waals surface area contributed by atoms with Crippen molar-refractivity contribution in [2.24, 2.45) is 0 Å². The van der Waals surface area contributed by atoms with Crippen LogP contribution in [0.2, 0.25) is 0 Å². The molecule has 1 aliphatic carbocycles. The van der Waals surface area contributed by atoms with Crippen molar-refractivity contribution >= 4 is 27.5 Å². The van der Waals surface area contributed by atoms with E-state index in [4.69, 9.17) is 0 Å². The minimum Gasteiger partial charge on any atom is -0.381 e. The molecule has 3 nitrogen and oxygen atoms in total. The van der Waals surface area contributed by atoms with Crippen LogP contribution in [0, 0.1) is 6.92 Å². The minimum absolute atomic E-state index is 0.0813. The number of anilines is 1. The van der Waals surface area contributed by atoms with Crippen LogP contribution in [0.5, 0.6) is 0 Å². The van der Waals surface area contributed by atoms with E-state index in [1.54, 1.807) is 6.92 Å². The Morgan fingerprint density at radius 2 is 1.84 bits per heavy atom. The number of carbonyl (C=O) groups is 1. The molecule has 0 aromatic heterocycles. The number of rotatable bonds is 3. The van der Waals surface area contributed by atoms with Gasteiger partial charge in [0.05, 0.1) is 0 Å². The third-order valence-corrected chi connectivity index (χ3v) is 4.74. The van der Waals surface area contributed by atoms with Gasteiger partial charge in [-0.25, -0.2) is 0 Å². The summed E-state index contributed by atoms with van der Waals surface area (Å²) < 4.78 is 1.15. The lowest BCUT2D eigenvalue weighted by molar-refractivity contribution is -0.119. The number of hydrogen-bond acceptors (Lipinski definition) is 2. The first-order valence-electron chi connectivity index (χ1n) is 6.85. The molecular weight excluding hydrogens is 304 g/mol. The molecule has 0 unspecified atom stereocenters. The van der Waals surface area contributed by atoms with Gasteiger partial charge in [-0.2, -0.15) is 0 Å². The van der Waals surface area contributed by atoms with Gasteiger partial charge in [-0.1, -0.05) is 12.1 Å². The molecule has 0 saturated heterocycles. The Balaban J connectivity index is 1.89. The van der Waals surface area contributed by atoms with Gasteiger partial charge in [0.15, 0.2) is 0 Å². The molecule has 0 bridgehead atoms. The van der Waals surface area contributed by atoms with Gasteiger partial charge < -0.3 is 10.6 Å². The number of hydrogen-bond donors (Lipinski definition) is 2. The van der Waals surface area contributed by atoms with E-state index >= 15 is 0 Å². The molecule has 4 heteroatoms. The largest absolute Gasteiger partial charge is 0.381 e. The maximum Gasteiger partial charge on any atom is 0.217 e. The highest BCUT2D eigenvalue weighted by molar-refractivity contribution is 9.10. The van der Waals surface area contributed by atoms with Gasteiger partial charge >= 0.3 is 0 Å². The Kier molecular flexibility index (Phi) is 4.86. The second-order valence-electron chi connectivity index (χ2n) is 5.33.